The third-order valence-electron chi connectivity index (χ3n) is 6.04. The summed E-state index contributed by atoms with van der Waals surface area (Å²) in [5.74, 6) is -1.33. The van der Waals surface area contributed by atoms with E-state index in [1.807, 2.05) is 18.2 Å². The molecular weight excluding hydrogens is 433 g/mol. The summed E-state index contributed by atoms with van der Waals surface area (Å²) in [5.41, 5.74) is 1.97. The average Bonchev–Trinajstić information content (AvgIpc) is 3.40. The largest absolute Gasteiger partial charge is 0.504 e. The molecule has 2 aromatic heterocycles. The number of hydrogen-bond donors (Lipinski definition) is 2. The van der Waals surface area contributed by atoms with Crippen LogP contribution < -0.4 is 10.2 Å². The van der Waals surface area contributed by atoms with E-state index in [0.29, 0.717) is 22.3 Å². The molecule has 0 radical (unpaired) electrons. The first-order valence-corrected chi connectivity index (χ1v) is 11.2. The summed E-state index contributed by atoms with van der Waals surface area (Å²) in [6.45, 7) is 8.28. The van der Waals surface area contributed by atoms with E-state index in [1.165, 1.54) is 4.68 Å². The van der Waals surface area contributed by atoms with Gasteiger partial charge in [0.1, 0.15) is 11.6 Å². The fraction of sp³-hybridized carbons (Fsp3) is 0.360. The third kappa shape index (κ3) is 3.90. The van der Waals surface area contributed by atoms with Crippen LogP contribution in [-0.4, -0.2) is 49.5 Å². The van der Waals surface area contributed by atoms with Crippen LogP contribution >= 0.6 is 0 Å². The molecule has 1 atom stereocenters. The molecule has 2 aromatic carbocycles. The summed E-state index contributed by atoms with van der Waals surface area (Å²) in [6, 6.07) is 9.87. The topological polar surface area (TPSA) is 103 Å². The van der Waals surface area contributed by atoms with E-state index in [4.69, 9.17) is 0 Å². The third-order valence-corrected chi connectivity index (χ3v) is 6.04. The maximum absolute atomic E-state index is 14.8. The lowest BCUT2D eigenvalue weighted by Crippen LogP contribution is -2.44. The fourth-order valence-electron chi connectivity index (χ4n) is 4.65. The molecule has 0 unspecified atom stereocenters. The minimum Gasteiger partial charge on any atom is -0.504 e. The first kappa shape index (κ1) is 22.0. The number of fused-ring (bicyclic) bond motifs is 2. The molecule has 2 N–H and O–H groups in total. The van der Waals surface area contributed by atoms with Crippen LogP contribution in [0.15, 0.2) is 30.5 Å². The van der Waals surface area contributed by atoms with Crippen molar-refractivity contribution in [3.05, 3.63) is 42.0 Å². The summed E-state index contributed by atoms with van der Waals surface area (Å²) in [4.78, 5) is 11.2. The number of anilines is 1. The molecule has 8 nitrogen and oxygen atoms in total. The number of aryl methyl sites for hydroxylation is 1. The van der Waals surface area contributed by atoms with E-state index >= 15 is 0 Å². The van der Waals surface area contributed by atoms with Crippen LogP contribution in [0.5, 0.6) is 5.75 Å². The van der Waals surface area contributed by atoms with Crippen molar-refractivity contribution in [3.8, 4) is 23.2 Å². The second-order valence-corrected chi connectivity index (χ2v) is 9.86. The Hall–Kier alpha value is -3.77. The molecule has 0 bridgehead atoms. The molecule has 0 saturated carbocycles. The van der Waals surface area contributed by atoms with Crippen LogP contribution in [0.25, 0.3) is 33.2 Å². The van der Waals surface area contributed by atoms with E-state index in [1.54, 1.807) is 19.3 Å². The van der Waals surface area contributed by atoms with Gasteiger partial charge in [-0.2, -0.15) is 10.4 Å². The number of halogens is 1. The Bertz CT molecular complexity index is 1460. The Morgan fingerprint density at radius 1 is 1.24 bits per heavy atom. The summed E-state index contributed by atoms with van der Waals surface area (Å²) in [6.07, 6.45) is 2.69. The number of nitrogens with one attached hydrogen (secondary N) is 1. The summed E-state index contributed by atoms with van der Waals surface area (Å²) < 4.78 is 16.2. The van der Waals surface area contributed by atoms with E-state index in [2.05, 4.69) is 52.1 Å². The highest BCUT2D eigenvalue weighted by Crippen LogP contribution is 2.36. The van der Waals surface area contributed by atoms with Gasteiger partial charge in [-0.05, 0) is 51.5 Å². The van der Waals surface area contributed by atoms with Crippen LogP contribution in [0.3, 0.4) is 0 Å². The van der Waals surface area contributed by atoms with Crippen LogP contribution in [0.2, 0.25) is 0 Å². The van der Waals surface area contributed by atoms with Crippen molar-refractivity contribution in [1.82, 2.24) is 25.1 Å². The molecule has 0 amide bonds. The zero-order valence-electron chi connectivity index (χ0n) is 19.6. The molecule has 4 aromatic rings. The minimum absolute atomic E-state index is 0.0478. The van der Waals surface area contributed by atoms with Gasteiger partial charge < -0.3 is 15.3 Å². The van der Waals surface area contributed by atoms with Crippen molar-refractivity contribution in [3.63, 3.8) is 0 Å². The predicted molar refractivity (Wildman–Crippen MR) is 129 cm³/mol. The average molecular weight is 460 g/mol. The molecular formula is C25H26FN7O. The molecule has 174 valence electrons. The van der Waals surface area contributed by atoms with Gasteiger partial charge in [-0.1, -0.05) is 0 Å². The molecule has 0 aliphatic carbocycles. The lowest BCUT2D eigenvalue weighted by molar-refractivity contribution is 0.373. The lowest BCUT2D eigenvalue weighted by atomic mass is 10.1. The van der Waals surface area contributed by atoms with E-state index < -0.39 is 11.6 Å². The van der Waals surface area contributed by atoms with Gasteiger partial charge in [-0.15, -0.1) is 0 Å². The molecule has 34 heavy (non-hydrogen) atoms. The monoisotopic (exact) mass is 459 g/mol. The zero-order valence-corrected chi connectivity index (χ0v) is 19.6. The maximum atomic E-state index is 14.8. The smallest absolute Gasteiger partial charge is 0.193 e. The molecule has 1 aliphatic rings. The molecule has 9 heteroatoms. The highest BCUT2D eigenvalue weighted by Gasteiger charge is 2.26. The Balaban J connectivity index is 1.54. The number of phenols is 1. The summed E-state index contributed by atoms with van der Waals surface area (Å²) in [7, 11) is 1.68. The normalized spacial score (nSPS) is 16.5. The lowest BCUT2D eigenvalue weighted by Gasteiger charge is -2.26. The fourth-order valence-corrected chi connectivity index (χ4v) is 4.65. The first-order valence-electron chi connectivity index (χ1n) is 11.2. The molecule has 5 rings (SSSR count). The van der Waals surface area contributed by atoms with Gasteiger partial charge in [0.05, 0.1) is 11.1 Å². The number of aromatic hydroxyl groups is 1. The number of nitriles is 1. The first-order chi connectivity index (χ1) is 16.1. The molecule has 1 saturated heterocycles. The predicted octanol–water partition coefficient (Wildman–Crippen LogP) is 3.87. The van der Waals surface area contributed by atoms with Gasteiger partial charge in [0.15, 0.2) is 23.1 Å². The van der Waals surface area contributed by atoms with Crippen LogP contribution in [0.1, 0.15) is 32.9 Å². The van der Waals surface area contributed by atoms with Gasteiger partial charge in [0, 0.05) is 54.4 Å². The van der Waals surface area contributed by atoms with Gasteiger partial charge in [0.25, 0.3) is 0 Å². The molecule has 1 aliphatic heterocycles. The van der Waals surface area contributed by atoms with Crippen molar-refractivity contribution in [2.45, 2.75) is 38.8 Å². The SMILES string of the molecule is Cn1cc2cc(-c3nc(C#N)c4cc(N5CC[C@H](NC(C)(C)C)C5)ccc4n3)c(O)c(F)c2n1. The van der Waals surface area contributed by atoms with E-state index in [0.717, 1.165) is 25.2 Å². The number of hydrogen-bond acceptors (Lipinski definition) is 7. The van der Waals surface area contributed by atoms with Crippen molar-refractivity contribution in [2.24, 2.45) is 7.05 Å². The van der Waals surface area contributed by atoms with Gasteiger partial charge >= 0.3 is 0 Å². The Labute approximate surface area is 196 Å². The molecule has 1 fully saturated rings. The number of rotatable bonds is 3. The van der Waals surface area contributed by atoms with E-state index in [9.17, 15) is 14.8 Å². The number of benzene rings is 2. The van der Waals surface area contributed by atoms with E-state index in [-0.39, 0.29) is 28.1 Å². The minimum atomic E-state index is -0.835. The van der Waals surface area contributed by atoms with Gasteiger partial charge in [0.2, 0.25) is 0 Å². The highest BCUT2D eigenvalue weighted by atomic mass is 19.1. The van der Waals surface area contributed by atoms with Crippen molar-refractivity contribution in [1.29, 1.82) is 5.26 Å². The Kier molecular flexibility index (Phi) is 5.14. The Morgan fingerprint density at radius 2 is 2.03 bits per heavy atom. The highest BCUT2D eigenvalue weighted by molar-refractivity contribution is 5.91. The maximum Gasteiger partial charge on any atom is 0.193 e. The second-order valence-electron chi connectivity index (χ2n) is 9.86. The second kappa shape index (κ2) is 7.92. The molecule has 0 spiro atoms. The standard InChI is InChI=1S/C25H26FN7O/c1-25(2,3)30-15-7-8-33(13-15)16-5-6-19-17(10-16)20(11-27)29-24(28-19)18-9-14-12-32(4)31-22(14)21(26)23(18)34/h5-6,9-10,12,15,30,34H,7-8,13H2,1-4H3/t15-/m0/s1. The number of nitrogens with zero attached hydrogens (tertiary/aromatic N) is 6. The van der Waals surface area contributed by atoms with Gasteiger partial charge in [-0.3, -0.25) is 4.68 Å². The van der Waals surface area contributed by atoms with Crippen molar-refractivity contribution >= 4 is 27.5 Å². The van der Waals surface area contributed by atoms with Crippen LogP contribution in [0, 0.1) is 17.1 Å². The van der Waals surface area contributed by atoms with Crippen molar-refractivity contribution in [2.75, 3.05) is 18.0 Å². The van der Waals surface area contributed by atoms with Gasteiger partial charge in [-0.25, -0.2) is 14.4 Å². The van der Waals surface area contributed by atoms with Crippen LogP contribution in [0.4, 0.5) is 10.1 Å². The number of phenolic OH excluding ortho intramolecular Hbond substituents is 1. The summed E-state index contributed by atoms with van der Waals surface area (Å²) >= 11 is 0. The van der Waals surface area contributed by atoms with Crippen molar-refractivity contribution < 1.29 is 9.50 Å². The quantitative estimate of drug-likeness (QED) is 0.479. The zero-order chi connectivity index (χ0) is 24.2. The Morgan fingerprint density at radius 3 is 2.76 bits per heavy atom. The molecule has 3 heterocycles. The number of aromatic nitrogens is 4. The van der Waals surface area contributed by atoms with Crippen LogP contribution in [-0.2, 0) is 7.05 Å². The summed E-state index contributed by atoms with van der Waals surface area (Å²) in [5, 5.41) is 29.1.